The van der Waals surface area contributed by atoms with Gasteiger partial charge >= 0.3 is 0 Å². The van der Waals surface area contributed by atoms with E-state index in [2.05, 4.69) is 86.4 Å². The maximum absolute atomic E-state index is 6.49. The molecular formula is C41H29BIrN2O2-2. The predicted octanol–water partition coefficient (Wildman–Crippen LogP) is 7.90. The molecule has 0 saturated heterocycles. The molecule has 0 unspecified atom stereocenters. The Morgan fingerprint density at radius 3 is 2.28 bits per heavy atom. The average Bonchev–Trinajstić information content (AvgIpc) is 3.09. The summed E-state index contributed by atoms with van der Waals surface area (Å²) in [7, 11) is 0. The molecule has 4 nitrogen and oxygen atoms in total. The Hall–Kier alpha value is -5.03. The second kappa shape index (κ2) is 12.6. The summed E-state index contributed by atoms with van der Waals surface area (Å²) in [4.78, 5) is 9.31. The number of ether oxygens (including phenoxy) is 2. The summed E-state index contributed by atoms with van der Waals surface area (Å²) in [6.07, 6.45) is 1.92. The first-order valence-corrected chi connectivity index (χ1v) is 15.4. The molecule has 0 fully saturated rings. The second-order valence-electron chi connectivity index (χ2n) is 11.8. The molecule has 9 rings (SSSR count). The van der Waals surface area contributed by atoms with Gasteiger partial charge in [-0.2, -0.15) is 0 Å². The summed E-state index contributed by atoms with van der Waals surface area (Å²) in [6, 6.07) is 45.5. The third-order valence-electron chi connectivity index (χ3n) is 8.74. The Morgan fingerprint density at radius 2 is 1.45 bits per heavy atom. The van der Waals surface area contributed by atoms with Gasteiger partial charge in [0.2, 0.25) is 6.71 Å². The van der Waals surface area contributed by atoms with Gasteiger partial charge in [0.1, 0.15) is 17.2 Å². The van der Waals surface area contributed by atoms with Crippen molar-refractivity contribution in [3.8, 4) is 45.5 Å². The van der Waals surface area contributed by atoms with E-state index in [1.165, 1.54) is 16.7 Å². The van der Waals surface area contributed by atoms with E-state index < -0.39 is 0 Å². The summed E-state index contributed by atoms with van der Waals surface area (Å²) in [5.74, 6) is 3.39. The van der Waals surface area contributed by atoms with Crippen LogP contribution in [0.15, 0.2) is 121 Å². The molecule has 0 N–H and O–H groups in total. The Balaban J connectivity index is 0.000000186. The number of nitrogens with zero attached hydrogens (tertiary/aromatic N) is 2. The summed E-state index contributed by atoms with van der Waals surface area (Å²) in [5, 5.41) is 1.12. The van der Waals surface area contributed by atoms with E-state index in [1.54, 1.807) is 0 Å². The number of aromatic nitrogens is 2. The van der Waals surface area contributed by atoms with Gasteiger partial charge in [-0.05, 0) is 65.9 Å². The van der Waals surface area contributed by atoms with Gasteiger partial charge in [0.15, 0.2) is 0 Å². The van der Waals surface area contributed by atoms with Crippen molar-refractivity contribution in [1.29, 1.82) is 0 Å². The average molecular weight is 785 g/mol. The largest absolute Gasteiger partial charge is 0.503 e. The molecule has 0 saturated carbocycles. The molecule has 229 valence electrons. The quantitative estimate of drug-likeness (QED) is 0.132. The normalized spacial score (nSPS) is 11.9. The fourth-order valence-electron chi connectivity index (χ4n) is 6.17. The van der Waals surface area contributed by atoms with E-state index in [0.717, 1.165) is 72.8 Å². The molecular weight excluding hydrogens is 755 g/mol. The van der Waals surface area contributed by atoms with Gasteiger partial charge in [0.05, 0.1) is 5.52 Å². The van der Waals surface area contributed by atoms with Gasteiger partial charge in [0, 0.05) is 37.5 Å². The minimum atomic E-state index is 0. The topological polar surface area (TPSA) is 44.2 Å². The maximum atomic E-state index is 6.49. The van der Waals surface area contributed by atoms with Crippen molar-refractivity contribution in [3.63, 3.8) is 0 Å². The first-order chi connectivity index (χ1) is 22.5. The van der Waals surface area contributed by atoms with Gasteiger partial charge in [-0.3, -0.25) is 4.98 Å². The Bertz CT molecular complexity index is 2270. The smallest absolute Gasteiger partial charge is 0.241 e. The van der Waals surface area contributed by atoms with Crippen LogP contribution in [0.2, 0.25) is 0 Å². The zero-order valence-corrected chi connectivity index (χ0v) is 28.6. The van der Waals surface area contributed by atoms with E-state index >= 15 is 0 Å². The number of para-hydroxylation sites is 2. The van der Waals surface area contributed by atoms with Crippen molar-refractivity contribution in [2.75, 3.05) is 0 Å². The Kier molecular flexibility index (Phi) is 8.23. The SMILES string of the molecule is Cc1c[c-]c(-c2cc(C)c(C)cn2)cc1.[Ir].[c-]1ccc2c(c1-c1ccc3ccccc3n1)Oc1cccc3c1B2c1ccccc1O3. The molecule has 6 heteroatoms. The summed E-state index contributed by atoms with van der Waals surface area (Å²) in [5.41, 5.74) is 11.8. The van der Waals surface area contributed by atoms with Crippen LogP contribution in [0.25, 0.3) is 33.4 Å². The predicted molar refractivity (Wildman–Crippen MR) is 186 cm³/mol. The molecule has 1 radical (unpaired) electrons. The zero-order chi connectivity index (χ0) is 31.2. The van der Waals surface area contributed by atoms with Crippen LogP contribution in [0.4, 0.5) is 0 Å². The van der Waals surface area contributed by atoms with Crippen LogP contribution in [-0.2, 0) is 20.1 Å². The van der Waals surface area contributed by atoms with E-state index in [0.29, 0.717) is 0 Å². The minimum Gasteiger partial charge on any atom is -0.503 e. The van der Waals surface area contributed by atoms with Crippen molar-refractivity contribution < 1.29 is 29.6 Å². The molecule has 7 aromatic rings. The van der Waals surface area contributed by atoms with Crippen LogP contribution in [0, 0.1) is 32.9 Å². The molecule has 0 spiro atoms. The first-order valence-electron chi connectivity index (χ1n) is 15.4. The Labute approximate surface area is 288 Å². The van der Waals surface area contributed by atoms with Crippen LogP contribution in [-0.4, -0.2) is 16.7 Å². The van der Waals surface area contributed by atoms with Crippen LogP contribution in [0.5, 0.6) is 23.0 Å². The molecule has 0 bridgehead atoms. The van der Waals surface area contributed by atoms with Gasteiger partial charge in [-0.1, -0.05) is 78.7 Å². The fraction of sp³-hybridized carbons (Fsp3) is 0.0732. The van der Waals surface area contributed by atoms with Crippen LogP contribution < -0.4 is 25.9 Å². The zero-order valence-electron chi connectivity index (χ0n) is 26.2. The second-order valence-corrected chi connectivity index (χ2v) is 11.8. The number of pyridine rings is 2. The molecule has 0 atom stereocenters. The number of aryl methyl sites for hydroxylation is 3. The van der Waals surface area contributed by atoms with E-state index in [9.17, 15) is 0 Å². The monoisotopic (exact) mass is 785 g/mol. The van der Waals surface area contributed by atoms with Crippen LogP contribution >= 0.6 is 0 Å². The van der Waals surface area contributed by atoms with Crippen molar-refractivity contribution in [2.45, 2.75) is 20.8 Å². The summed E-state index contributed by atoms with van der Waals surface area (Å²) < 4.78 is 12.7. The summed E-state index contributed by atoms with van der Waals surface area (Å²) >= 11 is 0. The van der Waals surface area contributed by atoms with E-state index in [4.69, 9.17) is 14.5 Å². The van der Waals surface area contributed by atoms with E-state index in [-0.39, 0.29) is 26.8 Å². The van der Waals surface area contributed by atoms with E-state index in [1.807, 2.05) is 72.9 Å². The van der Waals surface area contributed by atoms with Crippen molar-refractivity contribution in [2.24, 2.45) is 0 Å². The third-order valence-corrected chi connectivity index (χ3v) is 8.74. The summed E-state index contributed by atoms with van der Waals surface area (Å²) in [6.45, 7) is 6.29. The van der Waals surface area contributed by atoms with Crippen LogP contribution in [0.3, 0.4) is 0 Å². The van der Waals surface area contributed by atoms with Crippen molar-refractivity contribution in [3.05, 3.63) is 150 Å². The van der Waals surface area contributed by atoms with Crippen molar-refractivity contribution in [1.82, 2.24) is 9.97 Å². The molecule has 0 amide bonds. The number of rotatable bonds is 2. The number of fused-ring (bicyclic) bond motifs is 5. The van der Waals surface area contributed by atoms with Gasteiger partial charge in [-0.15, -0.1) is 59.1 Å². The number of benzene rings is 5. The molecule has 47 heavy (non-hydrogen) atoms. The molecule has 0 aliphatic carbocycles. The van der Waals surface area contributed by atoms with Gasteiger partial charge in [0.25, 0.3) is 0 Å². The standard InChI is InChI=1S/C27H15BNO2.C14H14N.Ir/c1-3-11-21-17(7-1)15-16-22(29-21)18-8-5-10-20-27(18)31-25-14-6-13-24-26(25)28(20)19-9-2-4-12-23(19)30-24;1-10-4-6-13(7-5-10)14-8-11(2)12(3)9-15-14;/h1-7,9-16H;4-6,8-9H,1-3H3;/q2*-1;. The molecule has 5 aromatic carbocycles. The van der Waals surface area contributed by atoms with Crippen LogP contribution in [0.1, 0.15) is 16.7 Å². The fourth-order valence-corrected chi connectivity index (χ4v) is 6.17. The third kappa shape index (κ3) is 5.65. The number of hydrogen-bond donors (Lipinski definition) is 0. The first kappa shape index (κ1) is 30.6. The van der Waals surface area contributed by atoms with Gasteiger partial charge in [-0.25, -0.2) is 0 Å². The maximum Gasteiger partial charge on any atom is 0.241 e. The molecule has 2 aliphatic heterocycles. The molecule has 2 aliphatic rings. The number of hydrogen-bond acceptors (Lipinski definition) is 4. The molecule has 4 heterocycles. The van der Waals surface area contributed by atoms with Gasteiger partial charge < -0.3 is 14.5 Å². The minimum absolute atomic E-state index is 0. The van der Waals surface area contributed by atoms with Crippen molar-refractivity contribution >= 4 is 34.0 Å². The Morgan fingerprint density at radius 1 is 0.660 bits per heavy atom. The molecule has 2 aromatic heterocycles.